The zero-order valence-electron chi connectivity index (χ0n) is 10.9. The van der Waals surface area contributed by atoms with E-state index in [0.717, 1.165) is 0 Å². The lowest BCUT2D eigenvalue weighted by Crippen LogP contribution is -2.42. The van der Waals surface area contributed by atoms with E-state index in [9.17, 15) is 9.90 Å². The van der Waals surface area contributed by atoms with Crippen LogP contribution in [0.2, 0.25) is 0 Å². The molecule has 1 aromatic rings. The van der Waals surface area contributed by atoms with Crippen LogP contribution >= 0.6 is 0 Å². The third-order valence-electron chi connectivity index (χ3n) is 3.02. The topological polar surface area (TPSA) is 106 Å². The number of carbonyl (C=O) groups excluding carboxylic acids is 1. The molecule has 1 amide bonds. The smallest absolute Gasteiger partial charge is 0.273 e. The van der Waals surface area contributed by atoms with E-state index < -0.39 is 5.60 Å². The Morgan fingerprint density at radius 3 is 2.78 bits per heavy atom. The van der Waals surface area contributed by atoms with Crippen LogP contribution in [0.3, 0.4) is 0 Å². The number of nitrogens with zero attached hydrogens (tertiary/aromatic N) is 3. The summed E-state index contributed by atoms with van der Waals surface area (Å²) in [5, 5.41) is 20.2. The zero-order valence-corrected chi connectivity index (χ0v) is 10.9. The monoisotopic (exact) mass is 255 g/mol. The molecule has 1 aromatic heterocycles. The summed E-state index contributed by atoms with van der Waals surface area (Å²) in [4.78, 5) is 11.8. The molecule has 0 aliphatic rings. The number of aliphatic hydroxyl groups is 1. The van der Waals surface area contributed by atoms with E-state index in [2.05, 4.69) is 15.6 Å². The van der Waals surface area contributed by atoms with Gasteiger partial charge in [0, 0.05) is 13.1 Å². The minimum Gasteiger partial charge on any atom is -0.388 e. The number of hydrogen-bond acceptors (Lipinski definition) is 5. The average molecular weight is 255 g/mol. The molecule has 7 heteroatoms. The summed E-state index contributed by atoms with van der Waals surface area (Å²) < 4.78 is 1.51. The van der Waals surface area contributed by atoms with Crippen LogP contribution in [-0.4, -0.2) is 44.7 Å². The van der Waals surface area contributed by atoms with Gasteiger partial charge in [-0.2, -0.15) is 0 Å². The Kier molecular flexibility index (Phi) is 5.24. The van der Waals surface area contributed by atoms with Crippen molar-refractivity contribution in [2.75, 3.05) is 13.1 Å². The van der Waals surface area contributed by atoms with Crippen molar-refractivity contribution in [1.82, 2.24) is 20.3 Å². The van der Waals surface area contributed by atoms with Gasteiger partial charge in [-0.3, -0.25) is 9.48 Å². The van der Waals surface area contributed by atoms with E-state index in [1.54, 1.807) is 6.20 Å². The third-order valence-corrected chi connectivity index (χ3v) is 3.02. The number of nitrogens with two attached hydrogens (primary N) is 1. The predicted molar refractivity (Wildman–Crippen MR) is 66.9 cm³/mol. The number of amides is 1. The van der Waals surface area contributed by atoms with E-state index in [-0.39, 0.29) is 18.1 Å². The lowest BCUT2D eigenvalue weighted by atomic mass is 9.97. The van der Waals surface area contributed by atoms with Gasteiger partial charge in [0.1, 0.15) is 0 Å². The predicted octanol–water partition coefficient (Wildman–Crippen LogP) is -0.482. The molecule has 0 bridgehead atoms. The highest BCUT2D eigenvalue weighted by atomic mass is 16.3. The molecule has 0 saturated heterocycles. The Morgan fingerprint density at radius 2 is 2.22 bits per heavy atom. The van der Waals surface area contributed by atoms with Crippen molar-refractivity contribution >= 4 is 5.91 Å². The molecule has 0 atom stereocenters. The second-order valence-corrected chi connectivity index (χ2v) is 4.27. The maximum Gasteiger partial charge on any atom is 0.273 e. The summed E-state index contributed by atoms with van der Waals surface area (Å²) in [6, 6.07) is 0. The first-order valence-corrected chi connectivity index (χ1v) is 6.15. The molecule has 0 saturated carbocycles. The summed E-state index contributed by atoms with van der Waals surface area (Å²) in [6.07, 6.45) is 2.71. The van der Waals surface area contributed by atoms with Crippen molar-refractivity contribution < 1.29 is 9.90 Å². The van der Waals surface area contributed by atoms with Crippen LogP contribution in [0.1, 0.15) is 37.2 Å². The maximum absolute atomic E-state index is 11.8. The van der Waals surface area contributed by atoms with E-state index in [1.807, 2.05) is 13.8 Å². The van der Waals surface area contributed by atoms with Gasteiger partial charge in [0.15, 0.2) is 5.69 Å². The molecule has 0 aliphatic carbocycles. The largest absolute Gasteiger partial charge is 0.388 e. The summed E-state index contributed by atoms with van der Waals surface area (Å²) >= 11 is 0. The van der Waals surface area contributed by atoms with Gasteiger partial charge in [-0.15, -0.1) is 5.10 Å². The molecule has 0 aliphatic heterocycles. The van der Waals surface area contributed by atoms with Crippen molar-refractivity contribution in [2.45, 2.75) is 38.8 Å². The molecule has 4 N–H and O–H groups in total. The Hall–Kier alpha value is -1.47. The fourth-order valence-electron chi connectivity index (χ4n) is 1.48. The van der Waals surface area contributed by atoms with Crippen LogP contribution in [0, 0.1) is 0 Å². The molecule has 0 spiro atoms. The Morgan fingerprint density at radius 1 is 1.56 bits per heavy atom. The standard InChI is InChI=1S/C11H21N5O2/c1-3-11(18,4-2)8-13-10(17)9-7-16(6-5-12)15-14-9/h7,18H,3-6,8,12H2,1-2H3,(H,13,17). The van der Waals surface area contributed by atoms with Crippen molar-refractivity contribution in [1.29, 1.82) is 0 Å². The number of nitrogens with one attached hydrogen (secondary N) is 1. The van der Waals surface area contributed by atoms with E-state index in [0.29, 0.717) is 25.9 Å². The molecule has 0 unspecified atom stereocenters. The third kappa shape index (κ3) is 3.78. The van der Waals surface area contributed by atoms with Crippen LogP contribution in [-0.2, 0) is 6.54 Å². The fourth-order valence-corrected chi connectivity index (χ4v) is 1.48. The maximum atomic E-state index is 11.8. The van der Waals surface area contributed by atoms with Crippen LogP contribution in [0.15, 0.2) is 6.20 Å². The normalized spacial score (nSPS) is 11.6. The molecule has 7 nitrogen and oxygen atoms in total. The summed E-state index contributed by atoms with van der Waals surface area (Å²) in [6.45, 7) is 4.94. The number of hydrogen-bond donors (Lipinski definition) is 3. The first kappa shape index (κ1) is 14.6. The SMILES string of the molecule is CCC(O)(CC)CNC(=O)c1cn(CCN)nn1. The Labute approximate surface area is 106 Å². The number of rotatable bonds is 7. The van der Waals surface area contributed by atoms with Gasteiger partial charge in [-0.25, -0.2) is 0 Å². The second kappa shape index (κ2) is 6.46. The molecule has 0 aromatic carbocycles. The highest BCUT2D eigenvalue weighted by molar-refractivity contribution is 5.91. The first-order valence-electron chi connectivity index (χ1n) is 6.15. The fraction of sp³-hybridized carbons (Fsp3) is 0.727. The average Bonchev–Trinajstić information content (AvgIpc) is 2.85. The molecule has 1 rings (SSSR count). The van der Waals surface area contributed by atoms with Crippen LogP contribution < -0.4 is 11.1 Å². The number of carbonyl (C=O) groups is 1. The lowest BCUT2D eigenvalue weighted by Gasteiger charge is -2.24. The van der Waals surface area contributed by atoms with Gasteiger partial charge in [0.05, 0.1) is 18.3 Å². The summed E-state index contributed by atoms with van der Waals surface area (Å²) in [5.41, 5.74) is 4.75. The van der Waals surface area contributed by atoms with Gasteiger partial charge in [-0.1, -0.05) is 19.1 Å². The summed E-state index contributed by atoms with van der Waals surface area (Å²) in [5.74, 6) is -0.335. The first-order chi connectivity index (χ1) is 8.54. The van der Waals surface area contributed by atoms with Gasteiger partial charge in [0.25, 0.3) is 5.91 Å². The second-order valence-electron chi connectivity index (χ2n) is 4.27. The van der Waals surface area contributed by atoms with Crippen LogP contribution in [0.5, 0.6) is 0 Å². The quantitative estimate of drug-likeness (QED) is 0.610. The van der Waals surface area contributed by atoms with Crippen molar-refractivity contribution in [3.05, 3.63) is 11.9 Å². The minimum atomic E-state index is -0.858. The van der Waals surface area contributed by atoms with Gasteiger partial charge < -0.3 is 16.2 Å². The van der Waals surface area contributed by atoms with Crippen molar-refractivity contribution in [3.63, 3.8) is 0 Å². The minimum absolute atomic E-state index is 0.211. The van der Waals surface area contributed by atoms with Gasteiger partial charge >= 0.3 is 0 Å². The Balaban J connectivity index is 2.54. The lowest BCUT2D eigenvalue weighted by molar-refractivity contribution is 0.0313. The van der Waals surface area contributed by atoms with Crippen LogP contribution in [0.25, 0.3) is 0 Å². The van der Waals surface area contributed by atoms with Gasteiger partial charge in [0.2, 0.25) is 0 Å². The molecule has 0 radical (unpaired) electrons. The highest BCUT2D eigenvalue weighted by Gasteiger charge is 2.23. The molecule has 102 valence electrons. The molecule has 1 heterocycles. The number of aromatic nitrogens is 3. The summed E-state index contributed by atoms with van der Waals surface area (Å²) in [7, 11) is 0. The molecule has 0 fully saturated rings. The molecular formula is C11H21N5O2. The molecular weight excluding hydrogens is 234 g/mol. The highest BCUT2D eigenvalue weighted by Crippen LogP contribution is 2.12. The van der Waals surface area contributed by atoms with Crippen molar-refractivity contribution in [3.8, 4) is 0 Å². The van der Waals surface area contributed by atoms with Crippen LogP contribution in [0.4, 0.5) is 0 Å². The van der Waals surface area contributed by atoms with E-state index in [4.69, 9.17) is 5.73 Å². The Bertz CT molecular complexity index is 387. The zero-order chi connectivity index (χ0) is 13.6. The van der Waals surface area contributed by atoms with Gasteiger partial charge in [-0.05, 0) is 12.8 Å². The van der Waals surface area contributed by atoms with E-state index in [1.165, 1.54) is 4.68 Å². The van der Waals surface area contributed by atoms with E-state index >= 15 is 0 Å². The molecule has 18 heavy (non-hydrogen) atoms. The van der Waals surface area contributed by atoms with Crippen molar-refractivity contribution in [2.24, 2.45) is 5.73 Å².